The summed E-state index contributed by atoms with van der Waals surface area (Å²) >= 11 is 3.52. The normalized spacial score (nSPS) is 12.7. The van der Waals surface area contributed by atoms with E-state index in [1.54, 1.807) is 6.20 Å². The van der Waals surface area contributed by atoms with Crippen LogP contribution < -0.4 is 5.73 Å². The Morgan fingerprint density at radius 3 is 2.81 bits per heavy atom. The van der Waals surface area contributed by atoms with Crippen molar-refractivity contribution in [2.45, 2.75) is 12.5 Å². The Morgan fingerprint density at radius 2 is 2.19 bits per heavy atom. The zero-order valence-corrected chi connectivity index (χ0v) is 10.7. The molecule has 0 amide bonds. The summed E-state index contributed by atoms with van der Waals surface area (Å²) in [6.45, 7) is 0. The minimum absolute atomic E-state index is 0.0706. The first-order chi connectivity index (χ1) is 7.68. The van der Waals surface area contributed by atoms with E-state index in [2.05, 4.69) is 27.0 Å². The van der Waals surface area contributed by atoms with Crippen molar-refractivity contribution in [1.29, 1.82) is 0 Å². The lowest BCUT2D eigenvalue weighted by Crippen LogP contribution is -2.17. The fourth-order valence-corrected chi connectivity index (χ4v) is 2.17. The molecular weight excluding hydrogens is 266 g/mol. The van der Waals surface area contributed by atoms with Gasteiger partial charge in [-0.05, 0) is 18.1 Å². The van der Waals surface area contributed by atoms with Crippen LogP contribution in [0.25, 0.3) is 0 Å². The van der Waals surface area contributed by atoms with Gasteiger partial charge in [0.05, 0.1) is 6.04 Å². The Kier molecular flexibility index (Phi) is 3.41. The van der Waals surface area contributed by atoms with Gasteiger partial charge in [0.15, 0.2) is 0 Å². The monoisotopic (exact) mass is 279 g/mol. The minimum Gasteiger partial charge on any atom is -0.337 e. The zero-order valence-electron chi connectivity index (χ0n) is 9.10. The van der Waals surface area contributed by atoms with E-state index in [9.17, 15) is 0 Å². The molecule has 84 valence electrons. The third-order valence-electron chi connectivity index (χ3n) is 2.59. The molecule has 0 aliphatic heterocycles. The van der Waals surface area contributed by atoms with Gasteiger partial charge in [0.2, 0.25) is 0 Å². The van der Waals surface area contributed by atoms with Crippen molar-refractivity contribution in [3.8, 4) is 0 Å². The number of aromatic nitrogens is 2. The quantitative estimate of drug-likeness (QED) is 0.938. The molecule has 1 heterocycles. The number of rotatable bonds is 3. The molecule has 0 bridgehead atoms. The van der Waals surface area contributed by atoms with Gasteiger partial charge in [-0.1, -0.05) is 34.1 Å². The van der Waals surface area contributed by atoms with Crippen LogP contribution in [0.2, 0.25) is 0 Å². The van der Waals surface area contributed by atoms with Crippen LogP contribution in [-0.4, -0.2) is 9.55 Å². The van der Waals surface area contributed by atoms with Gasteiger partial charge in [0, 0.05) is 23.9 Å². The maximum Gasteiger partial charge on any atom is 0.125 e. The van der Waals surface area contributed by atoms with Crippen LogP contribution in [0.15, 0.2) is 41.1 Å². The standard InChI is InChI=1S/C12H14BrN3/c1-16-7-6-15-12(16)11(14)8-9-4-2-3-5-10(9)13/h2-7,11H,8,14H2,1H3. The molecule has 3 nitrogen and oxygen atoms in total. The van der Waals surface area contributed by atoms with Crippen LogP contribution in [-0.2, 0) is 13.5 Å². The Balaban J connectivity index is 2.17. The van der Waals surface area contributed by atoms with Crippen LogP contribution in [0.4, 0.5) is 0 Å². The SMILES string of the molecule is Cn1ccnc1C(N)Cc1ccccc1Br. The summed E-state index contributed by atoms with van der Waals surface area (Å²) in [5, 5.41) is 0. The van der Waals surface area contributed by atoms with E-state index >= 15 is 0 Å². The van der Waals surface area contributed by atoms with E-state index in [0.29, 0.717) is 0 Å². The minimum atomic E-state index is -0.0706. The zero-order chi connectivity index (χ0) is 11.5. The van der Waals surface area contributed by atoms with Gasteiger partial charge in [-0.2, -0.15) is 0 Å². The molecule has 1 atom stereocenters. The molecule has 0 saturated carbocycles. The molecule has 1 unspecified atom stereocenters. The highest BCUT2D eigenvalue weighted by molar-refractivity contribution is 9.10. The third-order valence-corrected chi connectivity index (χ3v) is 3.36. The fraction of sp³-hybridized carbons (Fsp3) is 0.250. The Bertz CT molecular complexity index is 479. The number of benzene rings is 1. The first-order valence-electron chi connectivity index (χ1n) is 5.14. The molecule has 0 aliphatic rings. The molecule has 1 aromatic carbocycles. The molecule has 4 heteroatoms. The number of nitrogens with two attached hydrogens (primary N) is 1. The van der Waals surface area contributed by atoms with E-state index in [1.165, 1.54) is 5.56 Å². The number of hydrogen-bond acceptors (Lipinski definition) is 2. The van der Waals surface area contributed by atoms with Gasteiger partial charge in [0.1, 0.15) is 5.82 Å². The van der Waals surface area contributed by atoms with Crippen molar-refractivity contribution in [3.05, 3.63) is 52.5 Å². The number of imidazole rings is 1. The third kappa shape index (κ3) is 2.33. The summed E-state index contributed by atoms with van der Waals surface area (Å²) in [5.41, 5.74) is 7.34. The first-order valence-corrected chi connectivity index (χ1v) is 5.94. The average molecular weight is 280 g/mol. The van der Waals surface area contributed by atoms with Crippen LogP contribution in [0.5, 0.6) is 0 Å². The predicted molar refractivity (Wildman–Crippen MR) is 68.0 cm³/mol. The van der Waals surface area contributed by atoms with Gasteiger partial charge >= 0.3 is 0 Å². The average Bonchev–Trinajstić information content (AvgIpc) is 2.68. The van der Waals surface area contributed by atoms with Crippen LogP contribution in [0.3, 0.4) is 0 Å². The summed E-state index contributed by atoms with van der Waals surface area (Å²) in [6.07, 6.45) is 4.47. The van der Waals surface area contributed by atoms with Crippen LogP contribution in [0, 0.1) is 0 Å². The van der Waals surface area contributed by atoms with Gasteiger partial charge in [-0.25, -0.2) is 4.98 Å². The van der Waals surface area contributed by atoms with Gasteiger partial charge in [0.25, 0.3) is 0 Å². The highest BCUT2D eigenvalue weighted by atomic mass is 79.9. The molecule has 0 aliphatic carbocycles. The molecule has 2 N–H and O–H groups in total. The van der Waals surface area contributed by atoms with Crippen molar-refractivity contribution in [1.82, 2.24) is 9.55 Å². The van der Waals surface area contributed by atoms with E-state index in [0.717, 1.165) is 16.7 Å². The molecule has 2 rings (SSSR count). The molecule has 0 spiro atoms. The Hall–Kier alpha value is -1.13. The molecule has 16 heavy (non-hydrogen) atoms. The topological polar surface area (TPSA) is 43.8 Å². The number of nitrogens with zero attached hydrogens (tertiary/aromatic N) is 2. The fourth-order valence-electron chi connectivity index (χ4n) is 1.73. The van der Waals surface area contributed by atoms with Gasteiger partial charge in [-0.15, -0.1) is 0 Å². The largest absolute Gasteiger partial charge is 0.337 e. The van der Waals surface area contributed by atoms with E-state index < -0.39 is 0 Å². The second-order valence-corrected chi connectivity index (χ2v) is 4.65. The van der Waals surface area contributed by atoms with E-state index in [1.807, 2.05) is 36.0 Å². The van der Waals surface area contributed by atoms with Gasteiger partial charge < -0.3 is 10.3 Å². The first kappa shape index (κ1) is 11.4. The van der Waals surface area contributed by atoms with Crippen molar-refractivity contribution in [2.75, 3.05) is 0 Å². The predicted octanol–water partition coefficient (Wildman–Crippen LogP) is 2.43. The van der Waals surface area contributed by atoms with Crippen molar-refractivity contribution in [2.24, 2.45) is 12.8 Å². The molecule has 0 fully saturated rings. The van der Waals surface area contributed by atoms with E-state index in [4.69, 9.17) is 5.73 Å². The van der Waals surface area contributed by atoms with Crippen LogP contribution >= 0.6 is 15.9 Å². The summed E-state index contributed by atoms with van der Waals surface area (Å²) in [4.78, 5) is 4.26. The molecular formula is C12H14BrN3. The Morgan fingerprint density at radius 1 is 1.44 bits per heavy atom. The number of halogens is 1. The number of hydrogen-bond donors (Lipinski definition) is 1. The molecule has 0 radical (unpaired) electrons. The highest BCUT2D eigenvalue weighted by Gasteiger charge is 2.12. The Labute approximate surface area is 103 Å². The lowest BCUT2D eigenvalue weighted by Gasteiger charge is -2.12. The highest BCUT2D eigenvalue weighted by Crippen LogP contribution is 2.21. The summed E-state index contributed by atoms with van der Waals surface area (Å²) < 4.78 is 3.06. The number of aryl methyl sites for hydroxylation is 1. The van der Waals surface area contributed by atoms with E-state index in [-0.39, 0.29) is 6.04 Å². The maximum absolute atomic E-state index is 6.14. The summed E-state index contributed by atoms with van der Waals surface area (Å²) in [5.74, 6) is 0.913. The van der Waals surface area contributed by atoms with Crippen molar-refractivity contribution < 1.29 is 0 Å². The van der Waals surface area contributed by atoms with Crippen LogP contribution in [0.1, 0.15) is 17.4 Å². The molecule has 2 aromatic rings. The van der Waals surface area contributed by atoms with Gasteiger partial charge in [-0.3, -0.25) is 0 Å². The maximum atomic E-state index is 6.14. The molecule has 1 aromatic heterocycles. The van der Waals surface area contributed by atoms with Crippen molar-refractivity contribution in [3.63, 3.8) is 0 Å². The second-order valence-electron chi connectivity index (χ2n) is 3.80. The summed E-state index contributed by atoms with van der Waals surface area (Å²) in [7, 11) is 1.96. The lowest BCUT2D eigenvalue weighted by molar-refractivity contribution is 0.631. The van der Waals surface area contributed by atoms with Crippen molar-refractivity contribution >= 4 is 15.9 Å². The molecule has 0 saturated heterocycles. The smallest absolute Gasteiger partial charge is 0.125 e. The lowest BCUT2D eigenvalue weighted by atomic mass is 10.1. The summed E-state index contributed by atoms with van der Waals surface area (Å²) in [6, 6.07) is 8.05. The second kappa shape index (κ2) is 4.80.